The lowest BCUT2D eigenvalue weighted by Crippen LogP contribution is -2.52. The summed E-state index contributed by atoms with van der Waals surface area (Å²) in [6.45, 7) is 2.27. The molecule has 1 aliphatic rings. The predicted molar refractivity (Wildman–Crippen MR) is 119 cm³/mol. The molecule has 1 fully saturated rings. The first-order chi connectivity index (χ1) is 14.1. The fourth-order valence-corrected chi connectivity index (χ4v) is 4.40. The van der Waals surface area contributed by atoms with E-state index in [9.17, 15) is 9.59 Å². The molecule has 5 heteroatoms. The number of nitrogens with zero attached hydrogens (tertiary/aromatic N) is 1. The monoisotopic (exact) mass is 456 g/mol. The second kappa shape index (κ2) is 10.6. The van der Waals surface area contributed by atoms with E-state index in [1.807, 2.05) is 61.5 Å². The van der Waals surface area contributed by atoms with E-state index >= 15 is 0 Å². The molecule has 3 rings (SSSR count). The van der Waals surface area contributed by atoms with Crippen molar-refractivity contribution in [3.63, 3.8) is 0 Å². The van der Waals surface area contributed by atoms with Crippen LogP contribution >= 0.6 is 15.9 Å². The molecule has 1 saturated carbocycles. The maximum absolute atomic E-state index is 13.3. The molecule has 0 saturated heterocycles. The maximum Gasteiger partial charge on any atom is 0.243 e. The van der Waals surface area contributed by atoms with Gasteiger partial charge in [0.15, 0.2) is 0 Å². The number of hydrogen-bond acceptors (Lipinski definition) is 2. The molecule has 0 aliphatic heterocycles. The molecular weight excluding hydrogens is 428 g/mol. The van der Waals surface area contributed by atoms with Crippen molar-refractivity contribution in [1.82, 2.24) is 10.2 Å². The molecule has 4 nitrogen and oxygen atoms in total. The Bertz CT molecular complexity index is 819. The van der Waals surface area contributed by atoms with Gasteiger partial charge in [0.2, 0.25) is 11.8 Å². The van der Waals surface area contributed by atoms with Crippen molar-refractivity contribution in [2.24, 2.45) is 0 Å². The van der Waals surface area contributed by atoms with Crippen molar-refractivity contribution < 1.29 is 9.59 Å². The summed E-state index contributed by atoms with van der Waals surface area (Å²) < 4.78 is 0.967. The van der Waals surface area contributed by atoms with Crippen LogP contribution in [0.3, 0.4) is 0 Å². The summed E-state index contributed by atoms with van der Waals surface area (Å²) in [7, 11) is 0. The summed E-state index contributed by atoms with van der Waals surface area (Å²) >= 11 is 3.50. The van der Waals surface area contributed by atoms with Crippen LogP contribution < -0.4 is 5.32 Å². The third kappa shape index (κ3) is 6.17. The zero-order valence-electron chi connectivity index (χ0n) is 16.9. The van der Waals surface area contributed by atoms with E-state index in [2.05, 4.69) is 21.2 Å². The summed E-state index contributed by atoms with van der Waals surface area (Å²) in [6, 6.07) is 17.6. The second-order valence-corrected chi connectivity index (χ2v) is 8.62. The summed E-state index contributed by atoms with van der Waals surface area (Å²) in [6.07, 6.45) is 5.25. The average molecular weight is 457 g/mol. The minimum Gasteiger partial charge on any atom is -0.352 e. The Morgan fingerprint density at radius 2 is 1.76 bits per heavy atom. The van der Waals surface area contributed by atoms with Gasteiger partial charge in [-0.05, 0) is 36.1 Å². The summed E-state index contributed by atoms with van der Waals surface area (Å²) in [5, 5.41) is 3.21. The topological polar surface area (TPSA) is 49.4 Å². The van der Waals surface area contributed by atoms with Crippen molar-refractivity contribution >= 4 is 27.7 Å². The third-order valence-corrected chi connectivity index (χ3v) is 6.01. The Hall–Kier alpha value is -2.14. The van der Waals surface area contributed by atoms with Gasteiger partial charge in [0.25, 0.3) is 0 Å². The zero-order chi connectivity index (χ0) is 20.6. The fourth-order valence-electron chi connectivity index (χ4n) is 3.96. The highest BCUT2D eigenvalue weighted by molar-refractivity contribution is 9.10. The van der Waals surface area contributed by atoms with E-state index in [-0.39, 0.29) is 17.9 Å². The maximum atomic E-state index is 13.3. The number of halogens is 1. The van der Waals surface area contributed by atoms with Gasteiger partial charge in [-0.25, -0.2) is 0 Å². The molecule has 2 aromatic rings. The van der Waals surface area contributed by atoms with Crippen LogP contribution in [0.2, 0.25) is 0 Å². The molecule has 29 heavy (non-hydrogen) atoms. The Kier molecular flexibility index (Phi) is 7.87. The Balaban J connectivity index is 1.87. The molecule has 2 aromatic carbocycles. The van der Waals surface area contributed by atoms with E-state index < -0.39 is 6.04 Å². The first-order valence-corrected chi connectivity index (χ1v) is 11.2. The van der Waals surface area contributed by atoms with Gasteiger partial charge in [0, 0.05) is 29.9 Å². The number of amides is 2. The van der Waals surface area contributed by atoms with Crippen LogP contribution in [0.1, 0.15) is 50.2 Å². The predicted octanol–water partition coefficient (Wildman–Crippen LogP) is 4.86. The normalized spacial score (nSPS) is 15.1. The van der Waals surface area contributed by atoms with Crippen LogP contribution in [0.4, 0.5) is 0 Å². The first kappa shape index (κ1) is 21.6. The van der Waals surface area contributed by atoms with Crippen LogP contribution in [-0.2, 0) is 22.6 Å². The fraction of sp³-hybridized carbons (Fsp3) is 0.417. The molecule has 1 aliphatic carbocycles. The van der Waals surface area contributed by atoms with Crippen molar-refractivity contribution in [2.75, 3.05) is 0 Å². The second-order valence-electron chi connectivity index (χ2n) is 7.70. The standard InChI is InChI=1S/C24H29BrN2O2/c1-2-23(28)27(17-19-11-8-12-20(25)15-19)22(16-18-9-4-3-5-10-18)24(29)26-21-13-6-7-14-21/h3-5,8-12,15,21-22H,2,6-7,13-14,16-17H2,1H3,(H,26,29)/t22-/m0/s1. The van der Waals surface area contributed by atoms with E-state index in [1.54, 1.807) is 4.90 Å². The van der Waals surface area contributed by atoms with Gasteiger partial charge >= 0.3 is 0 Å². The van der Waals surface area contributed by atoms with Gasteiger partial charge < -0.3 is 10.2 Å². The summed E-state index contributed by atoms with van der Waals surface area (Å²) in [5.41, 5.74) is 2.06. The zero-order valence-corrected chi connectivity index (χ0v) is 18.5. The molecular formula is C24H29BrN2O2. The van der Waals surface area contributed by atoms with E-state index in [1.165, 1.54) is 0 Å². The lowest BCUT2D eigenvalue weighted by Gasteiger charge is -2.32. The molecule has 1 atom stereocenters. The smallest absolute Gasteiger partial charge is 0.243 e. The molecule has 0 unspecified atom stereocenters. The molecule has 0 radical (unpaired) electrons. The van der Waals surface area contributed by atoms with Gasteiger partial charge in [-0.3, -0.25) is 9.59 Å². The van der Waals surface area contributed by atoms with E-state index in [0.717, 1.165) is 41.3 Å². The lowest BCUT2D eigenvalue weighted by atomic mass is 10.0. The van der Waals surface area contributed by atoms with Gasteiger partial charge in [-0.15, -0.1) is 0 Å². The highest BCUT2D eigenvalue weighted by atomic mass is 79.9. The van der Waals surface area contributed by atoms with E-state index in [4.69, 9.17) is 0 Å². The number of rotatable bonds is 8. The largest absolute Gasteiger partial charge is 0.352 e. The first-order valence-electron chi connectivity index (χ1n) is 10.4. The highest BCUT2D eigenvalue weighted by Crippen LogP contribution is 2.21. The molecule has 0 aromatic heterocycles. The van der Waals surface area contributed by atoms with Crippen LogP contribution in [0.15, 0.2) is 59.1 Å². The highest BCUT2D eigenvalue weighted by Gasteiger charge is 2.31. The van der Waals surface area contributed by atoms with Crippen molar-refractivity contribution in [1.29, 1.82) is 0 Å². The van der Waals surface area contributed by atoms with Gasteiger partial charge in [-0.2, -0.15) is 0 Å². The molecule has 154 valence electrons. The lowest BCUT2D eigenvalue weighted by molar-refractivity contribution is -0.141. The summed E-state index contributed by atoms with van der Waals surface area (Å²) in [5.74, 6) is -0.0509. The number of benzene rings is 2. The van der Waals surface area contributed by atoms with Crippen LogP contribution in [0.25, 0.3) is 0 Å². The SMILES string of the molecule is CCC(=O)N(Cc1cccc(Br)c1)[C@@H](Cc1ccccc1)C(=O)NC1CCCC1. The number of carbonyl (C=O) groups is 2. The number of carbonyl (C=O) groups excluding carboxylic acids is 2. The molecule has 0 heterocycles. The molecule has 2 amide bonds. The molecule has 1 N–H and O–H groups in total. The van der Waals surface area contributed by atoms with Gasteiger partial charge in [0.1, 0.15) is 6.04 Å². The van der Waals surface area contributed by atoms with E-state index in [0.29, 0.717) is 19.4 Å². The molecule has 0 spiro atoms. The van der Waals surface area contributed by atoms with Crippen LogP contribution in [0, 0.1) is 0 Å². The average Bonchev–Trinajstić information content (AvgIpc) is 3.24. The van der Waals surface area contributed by atoms with Gasteiger partial charge in [0.05, 0.1) is 0 Å². The number of nitrogens with one attached hydrogen (secondary N) is 1. The molecule has 0 bridgehead atoms. The Morgan fingerprint density at radius 1 is 1.07 bits per heavy atom. The van der Waals surface area contributed by atoms with Crippen molar-refractivity contribution in [3.8, 4) is 0 Å². The minimum atomic E-state index is -0.524. The van der Waals surface area contributed by atoms with Crippen molar-refractivity contribution in [3.05, 3.63) is 70.2 Å². The third-order valence-electron chi connectivity index (χ3n) is 5.52. The Labute approximate surface area is 181 Å². The summed E-state index contributed by atoms with van der Waals surface area (Å²) in [4.78, 5) is 28.0. The quantitative estimate of drug-likeness (QED) is 0.616. The van der Waals surface area contributed by atoms with Crippen molar-refractivity contribution in [2.45, 2.75) is 64.1 Å². The minimum absolute atomic E-state index is 0.00696. The Morgan fingerprint density at radius 3 is 2.41 bits per heavy atom. The van der Waals surface area contributed by atoms with Crippen LogP contribution in [-0.4, -0.2) is 28.8 Å². The van der Waals surface area contributed by atoms with Gasteiger partial charge in [-0.1, -0.05) is 78.2 Å². The van der Waals surface area contributed by atoms with Crippen LogP contribution in [0.5, 0.6) is 0 Å². The number of hydrogen-bond donors (Lipinski definition) is 1.